The maximum absolute atomic E-state index is 10.7. The summed E-state index contributed by atoms with van der Waals surface area (Å²) in [6.07, 6.45) is 2.37. The molecule has 5 nitrogen and oxygen atoms in total. The average Bonchev–Trinajstić information content (AvgIpc) is 2.72. The Morgan fingerprint density at radius 3 is 2.94 bits per heavy atom. The number of para-hydroxylation sites is 1. The van der Waals surface area contributed by atoms with E-state index in [1.807, 2.05) is 13.1 Å². The molecule has 82 valence electrons. The van der Waals surface area contributed by atoms with Crippen LogP contribution in [0.25, 0.3) is 0 Å². The van der Waals surface area contributed by atoms with E-state index < -0.39 is 0 Å². The summed E-state index contributed by atoms with van der Waals surface area (Å²) in [7, 11) is 1.84. The first-order valence-electron chi connectivity index (χ1n) is 4.81. The highest BCUT2D eigenvalue weighted by Gasteiger charge is 2.04. The van der Waals surface area contributed by atoms with Gasteiger partial charge in [0.15, 0.2) is 12.1 Å². The molecule has 0 aliphatic rings. The number of nitrogens with zero attached hydrogens (tertiary/aromatic N) is 3. The Morgan fingerprint density at radius 1 is 1.44 bits per heavy atom. The van der Waals surface area contributed by atoms with Gasteiger partial charge in [-0.1, -0.05) is 12.1 Å². The topological polar surface area (TPSA) is 57.0 Å². The van der Waals surface area contributed by atoms with E-state index in [2.05, 4.69) is 10.2 Å². The maximum Gasteiger partial charge on any atom is 0.170 e. The van der Waals surface area contributed by atoms with Crippen molar-refractivity contribution in [3.8, 4) is 5.75 Å². The minimum absolute atomic E-state index is 0.293. The number of rotatable bonds is 4. The van der Waals surface area contributed by atoms with E-state index in [1.165, 1.54) is 0 Å². The molecule has 0 saturated heterocycles. The summed E-state index contributed by atoms with van der Waals surface area (Å²) in [6.45, 7) is 0.293. The lowest BCUT2D eigenvalue weighted by Crippen LogP contribution is -2.04. The number of carbonyl (C=O) groups excluding carboxylic acids is 1. The minimum atomic E-state index is 0.293. The minimum Gasteiger partial charge on any atom is -0.485 e. The first-order valence-corrected chi connectivity index (χ1v) is 4.81. The van der Waals surface area contributed by atoms with Gasteiger partial charge >= 0.3 is 0 Å². The molecule has 5 heteroatoms. The molecule has 0 aliphatic carbocycles. The van der Waals surface area contributed by atoms with E-state index in [0.29, 0.717) is 23.7 Å². The van der Waals surface area contributed by atoms with Crippen LogP contribution in [0.1, 0.15) is 16.2 Å². The smallest absolute Gasteiger partial charge is 0.170 e. The lowest BCUT2D eigenvalue weighted by atomic mass is 10.2. The van der Waals surface area contributed by atoms with Crippen LogP contribution in [0.15, 0.2) is 30.6 Å². The van der Waals surface area contributed by atoms with Crippen LogP contribution in [0.4, 0.5) is 0 Å². The zero-order valence-electron chi connectivity index (χ0n) is 8.83. The van der Waals surface area contributed by atoms with Gasteiger partial charge in [0.2, 0.25) is 0 Å². The molecule has 0 radical (unpaired) electrons. The summed E-state index contributed by atoms with van der Waals surface area (Å²) in [6, 6.07) is 7.07. The van der Waals surface area contributed by atoms with Crippen molar-refractivity contribution in [2.45, 2.75) is 6.61 Å². The molecule has 0 bridgehead atoms. The van der Waals surface area contributed by atoms with Gasteiger partial charge in [-0.15, -0.1) is 10.2 Å². The fourth-order valence-corrected chi connectivity index (χ4v) is 1.29. The van der Waals surface area contributed by atoms with Gasteiger partial charge in [0.05, 0.1) is 5.56 Å². The van der Waals surface area contributed by atoms with Crippen LogP contribution >= 0.6 is 0 Å². The lowest BCUT2D eigenvalue weighted by Gasteiger charge is -2.06. The highest BCUT2D eigenvalue weighted by molar-refractivity contribution is 5.79. The van der Waals surface area contributed by atoms with Gasteiger partial charge in [0.1, 0.15) is 18.7 Å². The van der Waals surface area contributed by atoms with Gasteiger partial charge in [-0.05, 0) is 12.1 Å². The van der Waals surface area contributed by atoms with E-state index in [9.17, 15) is 4.79 Å². The van der Waals surface area contributed by atoms with E-state index in [-0.39, 0.29) is 0 Å². The molecular weight excluding hydrogens is 206 g/mol. The van der Waals surface area contributed by atoms with E-state index in [1.54, 1.807) is 29.1 Å². The summed E-state index contributed by atoms with van der Waals surface area (Å²) in [5, 5.41) is 7.63. The molecule has 0 N–H and O–H groups in total. The Labute approximate surface area is 92.7 Å². The average molecular weight is 217 g/mol. The van der Waals surface area contributed by atoms with Gasteiger partial charge in [-0.2, -0.15) is 0 Å². The van der Waals surface area contributed by atoms with Crippen molar-refractivity contribution in [3.05, 3.63) is 42.0 Å². The van der Waals surface area contributed by atoms with E-state index in [4.69, 9.17) is 4.74 Å². The molecule has 0 atom stereocenters. The van der Waals surface area contributed by atoms with Gasteiger partial charge < -0.3 is 9.30 Å². The molecule has 2 aromatic rings. The number of aryl methyl sites for hydroxylation is 1. The van der Waals surface area contributed by atoms with Crippen LogP contribution in [0.2, 0.25) is 0 Å². The third kappa shape index (κ3) is 2.08. The van der Waals surface area contributed by atoms with Crippen LogP contribution in [-0.2, 0) is 13.7 Å². The van der Waals surface area contributed by atoms with Gasteiger partial charge in [0.25, 0.3) is 0 Å². The fraction of sp³-hybridized carbons (Fsp3) is 0.182. The SMILES string of the molecule is Cn1cnnc1COc1ccccc1C=O. The summed E-state index contributed by atoms with van der Waals surface area (Å²) in [4.78, 5) is 10.7. The second-order valence-corrected chi connectivity index (χ2v) is 3.30. The van der Waals surface area contributed by atoms with Crippen LogP contribution in [0.3, 0.4) is 0 Å². The van der Waals surface area contributed by atoms with Crippen molar-refractivity contribution in [1.82, 2.24) is 14.8 Å². The summed E-state index contributed by atoms with van der Waals surface area (Å²) in [5.41, 5.74) is 0.532. The lowest BCUT2D eigenvalue weighted by molar-refractivity contribution is 0.111. The van der Waals surface area contributed by atoms with Crippen LogP contribution in [0.5, 0.6) is 5.75 Å². The van der Waals surface area contributed by atoms with Crippen molar-refractivity contribution >= 4 is 6.29 Å². The molecule has 2 rings (SSSR count). The maximum atomic E-state index is 10.7. The standard InChI is InChI=1S/C11H11N3O2/c1-14-8-12-13-11(14)7-16-10-5-3-2-4-9(10)6-15/h2-6,8H,7H2,1H3. The van der Waals surface area contributed by atoms with Gasteiger partial charge in [-0.25, -0.2) is 0 Å². The second-order valence-electron chi connectivity index (χ2n) is 3.30. The highest BCUT2D eigenvalue weighted by atomic mass is 16.5. The first-order chi connectivity index (χ1) is 7.81. The number of aromatic nitrogens is 3. The van der Waals surface area contributed by atoms with Crippen molar-refractivity contribution in [1.29, 1.82) is 0 Å². The highest BCUT2D eigenvalue weighted by Crippen LogP contribution is 2.16. The monoisotopic (exact) mass is 217 g/mol. The Bertz CT molecular complexity index is 493. The summed E-state index contributed by atoms with van der Waals surface area (Å²) in [5.74, 6) is 1.27. The van der Waals surface area contributed by atoms with Crippen molar-refractivity contribution < 1.29 is 9.53 Å². The Hall–Kier alpha value is -2.17. The Morgan fingerprint density at radius 2 is 2.25 bits per heavy atom. The van der Waals surface area contributed by atoms with Gasteiger partial charge in [-0.3, -0.25) is 4.79 Å². The number of aldehydes is 1. The van der Waals surface area contributed by atoms with Crippen LogP contribution < -0.4 is 4.74 Å². The molecule has 0 fully saturated rings. The molecular formula is C11H11N3O2. The molecule has 1 heterocycles. The third-order valence-electron chi connectivity index (χ3n) is 2.21. The summed E-state index contributed by atoms with van der Waals surface area (Å²) < 4.78 is 7.27. The number of carbonyl (C=O) groups is 1. The first kappa shape index (κ1) is 10.4. The van der Waals surface area contributed by atoms with E-state index in [0.717, 1.165) is 6.29 Å². The van der Waals surface area contributed by atoms with Crippen LogP contribution in [0, 0.1) is 0 Å². The Kier molecular flexibility index (Phi) is 2.95. The quantitative estimate of drug-likeness (QED) is 0.722. The molecule has 16 heavy (non-hydrogen) atoms. The van der Waals surface area contributed by atoms with Crippen molar-refractivity contribution in [3.63, 3.8) is 0 Å². The zero-order valence-corrected chi connectivity index (χ0v) is 8.83. The Balaban J connectivity index is 2.10. The number of hydrogen-bond acceptors (Lipinski definition) is 4. The molecule has 0 unspecified atom stereocenters. The molecule has 1 aromatic heterocycles. The summed E-state index contributed by atoms with van der Waals surface area (Å²) >= 11 is 0. The fourth-order valence-electron chi connectivity index (χ4n) is 1.29. The number of benzene rings is 1. The largest absolute Gasteiger partial charge is 0.485 e. The van der Waals surface area contributed by atoms with Crippen LogP contribution in [-0.4, -0.2) is 21.1 Å². The van der Waals surface area contributed by atoms with Gasteiger partial charge in [0, 0.05) is 7.05 Å². The third-order valence-corrected chi connectivity index (χ3v) is 2.21. The molecule has 0 amide bonds. The molecule has 0 spiro atoms. The van der Waals surface area contributed by atoms with E-state index >= 15 is 0 Å². The van der Waals surface area contributed by atoms with Crippen molar-refractivity contribution in [2.24, 2.45) is 7.05 Å². The predicted octanol–water partition coefficient (Wildman–Crippen LogP) is 1.21. The van der Waals surface area contributed by atoms with Crippen molar-refractivity contribution in [2.75, 3.05) is 0 Å². The molecule has 1 aromatic carbocycles. The molecule has 0 saturated carbocycles. The predicted molar refractivity (Wildman–Crippen MR) is 57.2 cm³/mol. The normalized spacial score (nSPS) is 10.1. The second kappa shape index (κ2) is 4.57. The zero-order chi connectivity index (χ0) is 11.4. The number of hydrogen-bond donors (Lipinski definition) is 0. The molecule has 0 aliphatic heterocycles. The number of ether oxygens (including phenoxy) is 1.